The molecule has 2 nitrogen and oxygen atoms in total. The van der Waals surface area contributed by atoms with E-state index in [2.05, 4.69) is 27.7 Å². The molecule has 0 heterocycles. The van der Waals surface area contributed by atoms with Crippen molar-refractivity contribution in [3.05, 3.63) is 0 Å². The molecule has 122 valence electrons. The van der Waals surface area contributed by atoms with Gasteiger partial charge in [-0.3, -0.25) is 0 Å². The van der Waals surface area contributed by atoms with Crippen LogP contribution in [0.4, 0.5) is 0 Å². The standard InChI is InChI=1S/C18H38O2/c1-5-9-11-17(7-3)15-19-13-14-20-16-18(8-4)12-10-6-2/h17-18H,5-16H2,1-4H3. The SMILES string of the molecule is CCCCC(CC)COCCOCC(CC)CCCC. The van der Waals surface area contributed by atoms with E-state index in [9.17, 15) is 0 Å². The molecule has 0 aromatic heterocycles. The Balaban J connectivity index is 3.45. The van der Waals surface area contributed by atoms with Gasteiger partial charge in [-0.25, -0.2) is 0 Å². The van der Waals surface area contributed by atoms with E-state index >= 15 is 0 Å². The van der Waals surface area contributed by atoms with Gasteiger partial charge in [-0.05, 0) is 24.7 Å². The van der Waals surface area contributed by atoms with Crippen LogP contribution in [0.1, 0.15) is 79.1 Å². The fraction of sp³-hybridized carbons (Fsp3) is 1.00. The molecule has 0 aliphatic rings. The van der Waals surface area contributed by atoms with Crippen LogP contribution in [0.2, 0.25) is 0 Å². The van der Waals surface area contributed by atoms with Crippen LogP contribution < -0.4 is 0 Å². The van der Waals surface area contributed by atoms with Crippen LogP contribution in [-0.4, -0.2) is 26.4 Å². The Kier molecular flexibility index (Phi) is 15.3. The first-order valence-corrected chi connectivity index (χ1v) is 8.93. The summed E-state index contributed by atoms with van der Waals surface area (Å²) < 4.78 is 11.5. The van der Waals surface area contributed by atoms with E-state index in [1.54, 1.807) is 0 Å². The largest absolute Gasteiger partial charge is 0.379 e. The molecular weight excluding hydrogens is 248 g/mol. The van der Waals surface area contributed by atoms with Gasteiger partial charge in [0.15, 0.2) is 0 Å². The van der Waals surface area contributed by atoms with Crippen molar-refractivity contribution in [3.63, 3.8) is 0 Å². The minimum atomic E-state index is 0.739. The Hall–Kier alpha value is -0.0800. The molecule has 0 rings (SSSR count). The van der Waals surface area contributed by atoms with Gasteiger partial charge in [0.25, 0.3) is 0 Å². The zero-order chi connectivity index (χ0) is 15.1. The molecule has 0 aromatic carbocycles. The summed E-state index contributed by atoms with van der Waals surface area (Å²) in [6.07, 6.45) is 10.3. The van der Waals surface area contributed by atoms with Gasteiger partial charge in [-0.1, -0.05) is 66.2 Å². The van der Waals surface area contributed by atoms with Crippen molar-refractivity contribution < 1.29 is 9.47 Å². The maximum Gasteiger partial charge on any atom is 0.0700 e. The van der Waals surface area contributed by atoms with E-state index < -0.39 is 0 Å². The lowest BCUT2D eigenvalue weighted by molar-refractivity contribution is 0.0185. The summed E-state index contributed by atoms with van der Waals surface area (Å²) in [6, 6.07) is 0. The van der Waals surface area contributed by atoms with Crippen LogP contribution in [0.15, 0.2) is 0 Å². The molecule has 0 aliphatic carbocycles. The summed E-state index contributed by atoms with van der Waals surface area (Å²) >= 11 is 0. The Labute approximate surface area is 127 Å². The summed E-state index contributed by atoms with van der Waals surface area (Å²) in [6.45, 7) is 12.4. The third kappa shape index (κ3) is 11.7. The Morgan fingerprint density at radius 1 is 0.650 bits per heavy atom. The monoisotopic (exact) mass is 286 g/mol. The van der Waals surface area contributed by atoms with E-state index in [4.69, 9.17) is 9.47 Å². The van der Waals surface area contributed by atoms with Gasteiger partial charge in [-0.15, -0.1) is 0 Å². The van der Waals surface area contributed by atoms with Crippen molar-refractivity contribution in [2.45, 2.75) is 79.1 Å². The van der Waals surface area contributed by atoms with Crippen LogP contribution in [0.25, 0.3) is 0 Å². The van der Waals surface area contributed by atoms with Gasteiger partial charge in [0.05, 0.1) is 13.2 Å². The number of ether oxygens (including phenoxy) is 2. The molecule has 0 aromatic rings. The normalized spacial score (nSPS) is 14.4. The summed E-state index contributed by atoms with van der Waals surface area (Å²) in [5.41, 5.74) is 0. The molecule has 2 heteroatoms. The van der Waals surface area contributed by atoms with Gasteiger partial charge in [0.2, 0.25) is 0 Å². The zero-order valence-corrected chi connectivity index (χ0v) is 14.5. The van der Waals surface area contributed by atoms with E-state index in [0.717, 1.165) is 38.3 Å². The topological polar surface area (TPSA) is 18.5 Å². The minimum absolute atomic E-state index is 0.739. The molecule has 0 aliphatic heterocycles. The Bertz CT molecular complexity index is 162. The maximum atomic E-state index is 5.76. The van der Waals surface area contributed by atoms with Gasteiger partial charge in [-0.2, -0.15) is 0 Å². The van der Waals surface area contributed by atoms with Crippen LogP contribution in [0.5, 0.6) is 0 Å². The van der Waals surface area contributed by atoms with Gasteiger partial charge < -0.3 is 9.47 Å². The zero-order valence-electron chi connectivity index (χ0n) is 14.5. The molecule has 20 heavy (non-hydrogen) atoms. The molecule has 0 saturated heterocycles. The highest BCUT2D eigenvalue weighted by molar-refractivity contribution is 4.57. The van der Waals surface area contributed by atoms with Gasteiger partial charge in [0.1, 0.15) is 0 Å². The summed E-state index contributed by atoms with van der Waals surface area (Å²) in [4.78, 5) is 0. The fourth-order valence-corrected chi connectivity index (χ4v) is 2.41. The highest BCUT2D eigenvalue weighted by atomic mass is 16.5. The van der Waals surface area contributed by atoms with Crippen molar-refractivity contribution in [2.75, 3.05) is 26.4 Å². The average Bonchev–Trinajstić information content (AvgIpc) is 2.48. The second kappa shape index (κ2) is 15.3. The predicted octanol–water partition coefficient (Wildman–Crippen LogP) is 5.45. The molecule has 0 saturated carbocycles. The first-order valence-electron chi connectivity index (χ1n) is 8.93. The number of hydrogen-bond donors (Lipinski definition) is 0. The van der Waals surface area contributed by atoms with Crippen molar-refractivity contribution in [3.8, 4) is 0 Å². The van der Waals surface area contributed by atoms with E-state index in [0.29, 0.717) is 0 Å². The summed E-state index contributed by atoms with van der Waals surface area (Å²) in [5, 5.41) is 0. The van der Waals surface area contributed by atoms with Crippen molar-refractivity contribution in [2.24, 2.45) is 11.8 Å². The average molecular weight is 286 g/mol. The number of unbranched alkanes of at least 4 members (excludes halogenated alkanes) is 2. The van der Waals surface area contributed by atoms with Gasteiger partial charge >= 0.3 is 0 Å². The number of hydrogen-bond acceptors (Lipinski definition) is 2. The number of rotatable bonds is 15. The van der Waals surface area contributed by atoms with Crippen LogP contribution >= 0.6 is 0 Å². The molecule has 2 unspecified atom stereocenters. The first-order chi connectivity index (χ1) is 9.78. The molecular formula is C18H38O2. The Morgan fingerprint density at radius 3 is 1.35 bits per heavy atom. The van der Waals surface area contributed by atoms with Crippen molar-refractivity contribution in [1.82, 2.24) is 0 Å². The van der Waals surface area contributed by atoms with E-state index in [1.807, 2.05) is 0 Å². The lowest BCUT2D eigenvalue weighted by atomic mass is 10.0. The first kappa shape index (κ1) is 19.9. The molecule has 0 bridgehead atoms. The predicted molar refractivity (Wildman–Crippen MR) is 88.3 cm³/mol. The molecule has 0 spiro atoms. The molecule has 0 amide bonds. The third-order valence-corrected chi connectivity index (χ3v) is 4.17. The second-order valence-corrected chi connectivity index (χ2v) is 5.98. The van der Waals surface area contributed by atoms with E-state index in [1.165, 1.54) is 51.4 Å². The molecule has 0 N–H and O–H groups in total. The lowest BCUT2D eigenvalue weighted by Crippen LogP contribution is -2.15. The molecule has 0 fully saturated rings. The minimum Gasteiger partial charge on any atom is -0.379 e. The van der Waals surface area contributed by atoms with Crippen molar-refractivity contribution in [1.29, 1.82) is 0 Å². The maximum absolute atomic E-state index is 5.76. The quantitative estimate of drug-likeness (QED) is 0.373. The smallest absolute Gasteiger partial charge is 0.0700 e. The second-order valence-electron chi connectivity index (χ2n) is 5.98. The lowest BCUT2D eigenvalue weighted by Gasteiger charge is -2.16. The molecule has 2 atom stereocenters. The van der Waals surface area contributed by atoms with Crippen molar-refractivity contribution >= 4 is 0 Å². The Morgan fingerprint density at radius 2 is 1.05 bits per heavy atom. The highest BCUT2D eigenvalue weighted by Crippen LogP contribution is 2.14. The fourth-order valence-electron chi connectivity index (χ4n) is 2.41. The summed E-state index contributed by atoms with van der Waals surface area (Å²) in [7, 11) is 0. The van der Waals surface area contributed by atoms with Crippen LogP contribution in [0.3, 0.4) is 0 Å². The van der Waals surface area contributed by atoms with Gasteiger partial charge in [0, 0.05) is 13.2 Å². The van der Waals surface area contributed by atoms with Crippen LogP contribution in [-0.2, 0) is 9.47 Å². The van der Waals surface area contributed by atoms with E-state index in [-0.39, 0.29) is 0 Å². The van der Waals surface area contributed by atoms with Crippen LogP contribution in [0, 0.1) is 11.8 Å². The third-order valence-electron chi connectivity index (χ3n) is 4.17. The highest BCUT2D eigenvalue weighted by Gasteiger charge is 2.07. The molecule has 0 radical (unpaired) electrons. The summed E-state index contributed by atoms with van der Waals surface area (Å²) in [5.74, 6) is 1.48.